The Labute approximate surface area is 583 Å². The molecule has 3 aliphatic heterocycles. The number of ether oxygens (including phenoxy) is 3. The molecule has 5 fully saturated rings. The van der Waals surface area contributed by atoms with Crippen molar-refractivity contribution >= 4 is 91.3 Å². The van der Waals surface area contributed by atoms with Crippen LogP contribution < -0.4 is 26.6 Å². The number of amides is 1. The van der Waals surface area contributed by atoms with Crippen molar-refractivity contribution in [3.63, 3.8) is 0 Å². The molecule has 2 aliphatic carbocycles. The third kappa shape index (κ3) is 28.9. The number of morpholine rings is 2. The van der Waals surface area contributed by atoms with E-state index in [2.05, 4.69) is 185 Å². The van der Waals surface area contributed by atoms with E-state index >= 15 is 0 Å². The first-order valence-corrected chi connectivity index (χ1v) is 32.1. The van der Waals surface area contributed by atoms with Crippen LogP contribution in [0.5, 0.6) is 0 Å². The average Bonchev–Trinajstić information content (AvgIpc) is 0.996. The highest BCUT2D eigenvalue weighted by molar-refractivity contribution is 6.67. The van der Waals surface area contributed by atoms with Gasteiger partial charge in [-0.05, 0) is 219 Å². The van der Waals surface area contributed by atoms with Crippen molar-refractivity contribution in [2.75, 3.05) is 100 Å². The lowest BCUT2D eigenvalue weighted by atomic mass is 9.86. The van der Waals surface area contributed by atoms with E-state index in [1.165, 1.54) is 25.2 Å². The minimum absolute atomic E-state index is 0. The van der Waals surface area contributed by atoms with E-state index in [4.69, 9.17) is 61.9 Å². The van der Waals surface area contributed by atoms with E-state index in [0.717, 1.165) is 137 Å². The fraction of sp³-hybridized carbons (Fsp3) is 0.360. The maximum absolute atomic E-state index is 12.5. The van der Waals surface area contributed by atoms with Crippen LogP contribution in [0.15, 0.2) is 73.6 Å². The number of carbonyl (C=O) groups excluding carboxylic acids is 2. The van der Waals surface area contributed by atoms with Gasteiger partial charge in [-0.3, -0.25) is 9.59 Å². The lowest BCUT2D eigenvalue weighted by Gasteiger charge is -2.29. The number of fused-ring (bicyclic) bond motifs is 2. The van der Waals surface area contributed by atoms with Gasteiger partial charge in [0.2, 0.25) is 11.9 Å². The first-order chi connectivity index (χ1) is 47.1. The van der Waals surface area contributed by atoms with Crippen LogP contribution in [-0.4, -0.2) is 147 Å². The molecule has 2 saturated carbocycles. The van der Waals surface area contributed by atoms with Gasteiger partial charge in [0.05, 0.1) is 37.6 Å². The summed E-state index contributed by atoms with van der Waals surface area (Å²) >= 11 is 17.8. The molecular weight excluding hydrogens is 1280 g/mol. The van der Waals surface area contributed by atoms with Crippen LogP contribution in [-0.2, 0) is 14.2 Å². The quantitative estimate of drug-likeness (QED) is 0.0436. The summed E-state index contributed by atoms with van der Waals surface area (Å²) < 4.78 is 15.3. The zero-order chi connectivity index (χ0) is 67.5. The molecule has 22 heteroatoms. The highest BCUT2D eigenvalue weighted by atomic mass is 35.5. The summed E-state index contributed by atoms with van der Waals surface area (Å²) in [5.41, 5.74) is 2.25. The molecule has 97 heavy (non-hydrogen) atoms. The van der Waals surface area contributed by atoms with Gasteiger partial charge in [-0.1, -0.05) is 30.6 Å². The summed E-state index contributed by atoms with van der Waals surface area (Å²) in [7, 11) is 0. The fourth-order valence-corrected chi connectivity index (χ4v) is 10.2. The van der Waals surface area contributed by atoms with Crippen molar-refractivity contribution in [2.24, 2.45) is 11.8 Å². The molecule has 0 spiro atoms. The Hall–Kier alpha value is -10.5. The first kappa shape index (κ1) is 75.5. The number of aromatic nitrogens is 8. The third-order valence-electron chi connectivity index (χ3n) is 14.6. The van der Waals surface area contributed by atoms with Gasteiger partial charge in [-0.15, -0.1) is 12.8 Å². The Morgan fingerprint density at radius 2 is 0.866 bits per heavy atom. The number of nitrogens with one attached hydrogen (secondary N) is 5. The minimum atomic E-state index is -0.554. The highest BCUT2D eigenvalue weighted by Gasteiger charge is 2.24. The van der Waals surface area contributed by atoms with Gasteiger partial charge in [-0.25, -0.2) is 39.9 Å². The summed E-state index contributed by atoms with van der Waals surface area (Å²) in [5.74, 6) is 52.0. The molecule has 6 aromatic heterocycles. The van der Waals surface area contributed by atoms with Crippen LogP contribution >= 0.6 is 34.8 Å². The van der Waals surface area contributed by atoms with Crippen molar-refractivity contribution in [3.05, 3.63) is 95.0 Å². The van der Waals surface area contributed by atoms with Crippen molar-refractivity contribution in [3.8, 4) is 131 Å². The van der Waals surface area contributed by atoms with Gasteiger partial charge in [-0.2, -0.15) is 0 Å². The Bertz CT molecular complexity index is 4160. The van der Waals surface area contributed by atoms with E-state index < -0.39 is 5.24 Å². The number of terminal acetylenes is 2. The Balaban J connectivity index is 0.000000215. The molecule has 0 aromatic carbocycles. The van der Waals surface area contributed by atoms with E-state index in [0.29, 0.717) is 83.6 Å². The van der Waals surface area contributed by atoms with E-state index in [1.807, 2.05) is 36.4 Å². The largest absolute Gasteiger partial charge is 0.381 e. The second-order valence-electron chi connectivity index (χ2n) is 21.2. The van der Waals surface area contributed by atoms with Gasteiger partial charge in [0, 0.05) is 136 Å². The maximum atomic E-state index is 12.5. The molecule has 5 N–H and O–H groups in total. The molecule has 492 valence electrons. The highest BCUT2D eigenvalue weighted by Crippen LogP contribution is 2.30. The standard InChI is InChI=1S/C24H28ClN7O2.C22H2.C20H20Cl2N6O.C4H9NO.C4H8O.CH4/c25-22-21-17(7-8-26-22)3-6-20(31-21)30-19-4-1-16(2-5-19)13-27-24-28-14-18(15-29-24)23(33)32-9-11-34-12-10-32;1-3-5-7-9-11-13-15-17-19-21-22-20-18-16-14-12-10-8-6-4-2;21-18-17-13(7-8-23-18)3-6-16(28-17)27-15-4-1-12(2-5-15)9-24-20-25-10-14(11-26-20)19(22)29;1-3-6-4-2-5-1;1-2-4-5-3-1;/h3,6-8,14-16,19H,1-2,4-5,9-13H2,(H,30,31)(H,27,28,29);1-2H;3,6-8,10-12,15H,1-2,4-5,9H2,(H,27,28)(H,24,25,26);5H,1-4H2;1-4H2;1H4. The van der Waals surface area contributed by atoms with Gasteiger partial charge in [0.1, 0.15) is 22.7 Å². The number of halogens is 3. The predicted molar refractivity (Wildman–Crippen MR) is 384 cm³/mol. The smallest absolute Gasteiger partial charge is 0.257 e. The molecule has 11 rings (SSSR count). The van der Waals surface area contributed by atoms with E-state index in [9.17, 15) is 9.59 Å². The van der Waals surface area contributed by atoms with Gasteiger partial charge in [0.15, 0.2) is 10.3 Å². The summed E-state index contributed by atoms with van der Waals surface area (Å²) in [6.07, 6.45) is 30.5. The predicted octanol–water partition coefficient (Wildman–Crippen LogP) is 9.49. The lowest BCUT2D eigenvalue weighted by Crippen LogP contribution is -2.40. The maximum Gasteiger partial charge on any atom is 0.257 e. The number of pyridine rings is 4. The minimum Gasteiger partial charge on any atom is -0.381 e. The molecule has 0 unspecified atom stereocenters. The summed E-state index contributed by atoms with van der Waals surface area (Å²) in [6, 6.07) is 12.6. The van der Waals surface area contributed by atoms with Crippen molar-refractivity contribution < 1.29 is 23.8 Å². The zero-order valence-corrected chi connectivity index (χ0v) is 54.9. The zero-order valence-electron chi connectivity index (χ0n) is 52.6. The van der Waals surface area contributed by atoms with Crippen LogP contribution in [0.4, 0.5) is 23.5 Å². The summed E-state index contributed by atoms with van der Waals surface area (Å²) in [6.45, 7) is 9.83. The van der Waals surface area contributed by atoms with Gasteiger partial charge < -0.3 is 45.7 Å². The van der Waals surface area contributed by atoms with Gasteiger partial charge in [0.25, 0.3) is 11.1 Å². The third-order valence-corrected chi connectivity index (χ3v) is 15.4. The SMILES string of the molecule is C.C#CC#CC#CC#CC#CC#CC#CC#CC#CC#CC#C.C1CCOC1.C1COCCN1.O=C(Cl)c1cnc(NCC2CCC(Nc3ccc4ccnc(Cl)c4n3)CC2)nc1.O=C(c1cnc(NCC2CCC(Nc3ccc4ccnc(Cl)c4n3)CC2)nc1)N1CCOCC1. The molecule has 3 saturated heterocycles. The van der Waals surface area contributed by atoms with Gasteiger partial charge >= 0.3 is 0 Å². The number of hydrogen-bond acceptors (Lipinski definition) is 18. The summed E-state index contributed by atoms with van der Waals surface area (Å²) in [5, 5.41) is 19.1. The molecule has 0 radical (unpaired) electrons. The number of carbonyl (C=O) groups is 2. The normalized spacial score (nSPS) is 16.6. The van der Waals surface area contributed by atoms with E-state index in [-0.39, 0.29) is 13.3 Å². The number of nitrogens with zero attached hydrogens (tertiary/aromatic N) is 9. The molecular formula is C75H71Cl3N14O5. The Morgan fingerprint density at radius 3 is 1.21 bits per heavy atom. The molecule has 0 bridgehead atoms. The molecule has 9 heterocycles. The van der Waals surface area contributed by atoms with Crippen LogP contribution in [0, 0.1) is 143 Å². The number of anilines is 4. The topological polar surface area (TPSA) is 228 Å². The Morgan fingerprint density at radius 1 is 0.495 bits per heavy atom. The average molecular weight is 1350 g/mol. The fourth-order valence-electron chi connectivity index (χ4n) is 9.70. The lowest BCUT2D eigenvalue weighted by molar-refractivity contribution is 0.0302. The molecule has 6 aromatic rings. The summed E-state index contributed by atoms with van der Waals surface area (Å²) in [4.78, 5) is 59.8. The number of hydrogen-bond donors (Lipinski definition) is 5. The molecule has 0 atom stereocenters. The first-order valence-electron chi connectivity index (χ1n) is 31.0. The van der Waals surface area contributed by atoms with Crippen LogP contribution in [0.1, 0.15) is 92.4 Å². The Kier molecular flexibility index (Phi) is 35.0. The van der Waals surface area contributed by atoms with Crippen LogP contribution in [0.3, 0.4) is 0 Å². The molecule has 5 aliphatic rings. The molecule has 19 nitrogen and oxygen atoms in total. The van der Waals surface area contributed by atoms with Crippen molar-refractivity contribution in [2.45, 2.75) is 83.7 Å². The van der Waals surface area contributed by atoms with E-state index in [1.54, 1.807) is 29.7 Å². The monoisotopic (exact) mass is 1350 g/mol. The van der Waals surface area contributed by atoms with Crippen molar-refractivity contribution in [1.29, 1.82) is 0 Å². The molecule has 1 amide bonds. The second-order valence-corrected chi connectivity index (χ2v) is 22.3. The van der Waals surface area contributed by atoms with Crippen molar-refractivity contribution in [1.82, 2.24) is 50.1 Å². The van der Waals surface area contributed by atoms with Crippen LogP contribution in [0.25, 0.3) is 21.8 Å². The number of rotatable bonds is 12. The van der Waals surface area contributed by atoms with Crippen LogP contribution in [0.2, 0.25) is 10.3 Å². The second kappa shape index (κ2) is 45.0.